The Hall–Kier alpha value is -1.55. The van der Waals surface area contributed by atoms with E-state index in [0.717, 1.165) is 6.42 Å². The van der Waals surface area contributed by atoms with Crippen molar-refractivity contribution in [2.75, 3.05) is 6.61 Å². The van der Waals surface area contributed by atoms with Crippen LogP contribution in [0.4, 0.5) is 0 Å². The molecule has 1 aliphatic carbocycles. The van der Waals surface area contributed by atoms with Gasteiger partial charge in [0.25, 0.3) is 5.91 Å². The molecular formula is C15H22N2O2. The maximum atomic E-state index is 12.3. The fourth-order valence-corrected chi connectivity index (χ4v) is 2.38. The summed E-state index contributed by atoms with van der Waals surface area (Å²) in [6.45, 7) is 6.62. The zero-order chi connectivity index (χ0) is 14.0. The minimum absolute atomic E-state index is 0.0454. The van der Waals surface area contributed by atoms with Gasteiger partial charge in [-0.2, -0.15) is 0 Å². The van der Waals surface area contributed by atoms with Crippen molar-refractivity contribution >= 4 is 5.91 Å². The molecule has 0 heterocycles. The Morgan fingerprint density at radius 3 is 2.74 bits per heavy atom. The number of hydrogen-bond acceptors (Lipinski definition) is 3. The van der Waals surface area contributed by atoms with Gasteiger partial charge in [-0.1, -0.05) is 26.0 Å². The van der Waals surface area contributed by atoms with Crippen molar-refractivity contribution in [1.82, 2.24) is 5.32 Å². The Morgan fingerprint density at radius 2 is 2.16 bits per heavy atom. The van der Waals surface area contributed by atoms with E-state index in [1.165, 1.54) is 0 Å². The van der Waals surface area contributed by atoms with Crippen molar-refractivity contribution in [3.05, 3.63) is 29.8 Å². The first kappa shape index (κ1) is 13.9. The van der Waals surface area contributed by atoms with E-state index >= 15 is 0 Å². The van der Waals surface area contributed by atoms with Crippen LogP contribution in [0.15, 0.2) is 24.3 Å². The molecule has 1 aromatic carbocycles. The molecule has 1 saturated carbocycles. The number of nitrogens with two attached hydrogens (primary N) is 1. The second-order valence-corrected chi connectivity index (χ2v) is 5.62. The van der Waals surface area contributed by atoms with Crippen LogP contribution in [0.2, 0.25) is 0 Å². The van der Waals surface area contributed by atoms with E-state index in [2.05, 4.69) is 19.2 Å². The van der Waals surface area contributed by atoms with Crippen molar-refractivity contribution in [3.63, 3.8) is 0 Å². The Balaban J connectivity index is 2.09. The molecule has 0 saturated heterocycles. The van der Waals surface area contributed by atoms with Crippen LogP contribution in [0.1, 0.15) is 37.6 Å². The Morgan fingerprint density at radius 1 is 1.47 bits per heavy atom. The third-order valence-corrected chi connectivity index (χ3v) is 4.08. The molecule has 4 heteroatoms. The van der Waals surface area contributed by atoms with Crippen LogP contribution in [0.5, 0.6) is 5.75 Å². The highest BCUT2D eigenvalue weighted by molar-refractivity contribution is 5.97. The van der Waals surface area contributed by atoms with Gasteiger partial charge in [0.05, 0.1) is 12.2 Å². The average molecular weight is 262 g/mol. The van der Waals surface area contributed by atoms with Gasteiger partial charge in [-0.05, 0) is 25.5 Å². The van der Waals surface area contributed by atoms with E-state index < -0.39 is 0 Å². The molecule has 3 N–H and O–H groups in total. The van der Waals surface area contributed by atoms with Gasteiger partial charge < -0.3 is 15.8 Å². The fourth-order valence-electron chi connectivity index (χ4n) is 2.38. The summed E-state index contributed by atoms with van der Waals surface area (Å²) in [5.74, 6) is 0.540. The third kappa shape index (κ3) is 2.59. The van der Waals surface area contributed by atoms with Gasteiger partial charge in [-0.15, -0.1) is 0 Å². The second kappa shape index (κ2) is 5.21. The Bertz CT molecular complexity index is 471. The first-order valence-electron chi connectivity index (χ1n) is 6.75. The maximum absolute atomic E-state index is 12.3. The highest BCUT2D eigenvalue weighted by Gasteiger charge is 2.46. The van der Waals surface area contributed by atoms with Crippen molar-refractivity contribution in [2.45, 2.75) is 39.3 Å². The molecule has 0 radical (unpaired) electrons. The van der Waals surface area contributed by atoms with Crippen LogP contribution < -0.4 is 15.8 Å². The van der Waals surface area contributed by atoms with Crippen LogP contribution in [0, 0.1) is 5.41 Å². The molecule has 2 atom stereocenters. The molecule has 0 spiro atoms. The van der Waals surface area contributed by atoms with Gasteiger partial charge in [0.15, 0.2) is 0 Å². The highest BCUT2D eigenvalue weighted by atomic mass is 16.5. The lowest BCUT2D eigenvalue weighted by Gasteiger charge is -2.50. The molecule has 1 aliphatic rings. The number of amides is 1. The molecule has 4 nitrogen and oxygen atoms in total. The molecule has 0 aromatic heterocycles. The summed E-state index contributed by atoms with van der Waals surface area (Å²) in [7, 11) is 0. The summed E-state index contributed by atoms with van der Waals surface area (Å²) < 4.78 is 5.48. The van der Waals surface area contributed by atoms with Crippen LogP contribution in [0.3, 0.4) is 0 Å². The molecular weight excluding hydrogens is 240 g/mol. The predicted molar refractivity (Wildman–Crippen MR) is 75.2 cm³/mol. The SMILES string of the molecule is CCOc1ccccc1C(=O)NC1CC(N)C1(C)C. The van der Waals surface area contributed by atoms with Gasteiger partial charge in [0.1, 0.15) is 5.75 Å². The summed E-state index contributed by atoms with van der Waals surface area (Å²) in [5.41, 5.74) is 6.50. The number of nitrogens with one attached hydrogen (secondary N) is 1. The normalized spacial score (nSPS) is 24.4. The van der Waals surface area contributed by atoms with E-state index in [9.17, 15) is 4.79 Å². The number of hydrogen-bond donors (Lipinski definition) is 2. The number of para-hydroxylation sites is 1. The lowest BCUT2D eigenvalue weighted by atomic mass is 9.63. The smallest absolute Gasteiger partial charge is 0.255 e. The highest BCUT2D eigenvalue weighted by Crippen LogP contribution is 2.39. The average Bonchev–Trinajstić information content (AvgIpc) is 2.39. The van der Waals surface area contributed by atoms with E-state index in [0.29, 0.717) is 17.9 Å². The van der Waals surface area contributed by atoms with Crippen molar-refractivity contribution in [3.8, 4) is 5.75 Å². The lowest BCUT2D eigenvalue weighted by Crippen LogP contribution is -2.64. The van der Waals surface area contributed by atoms with Gasteiger partial charge in [-0.25, -0.2) is 0 Å². The number of carbonyl (C=O) groups is 1. The topological polar surface area (TPSA) is 64.3 Å². The molecule has 0 bridgehead atoms. The zero-order valence-electron chi connectivity index (χ0n) is 11.8. The fraction of sp³-hybridized carbons (Fsp3) is 0.533. The second-order valence-electron chi connectivity index (χ2n) is 5.62. The van der Waals surface area contributed by atoms with Gasteiger partial charge in [-0.3, -0.25) is 4.79 Å². The quantitative estimate of drug-likeness (QED) is 0.871. The minimum Gasteiger partial charge on any atom is -0.493 e. The number of ether oxygens (including phenoxy) is 1. The summed E-state index contributed by atoms with van der Waals surface area (Å²) in [4.78, 5) is 12.3. The molecule has 0 aliphatic heterocycles. The number of rotatable bonds is 4. The van der Waals surface area contributed by atoms with Gasteiger partial charge in [0.2, 0.25) is 0 Å². The standard InChI is InChI=1S/C15H22N2O2/c1-4-19-11-8-6-5-7-10(11)14(18)17-13-9-12(16)15(13,2)3/h5-8,12-13H,4,9,16H2,1-3H3,(H,17,18). The van der Waals surface area contributed by atoms with Crippen molar-refractivity contribution in [1.29, 1.82) is 0 Å². The van der Waals surface area contributed by atoms with Crippen LogP contribution >= 0.6 is 0 Å². The number of benzene rings is 1. The van der Waals surface area contributed by atoms with Crippen molar-refractivity contribution in [2.24, 2.45) is 11.1 Å². The molecule has 1 fully saturated rings. The first-order valence-corrected chi connectivity index (χ1v) is 6.75. The third-order valence-electron chi connectivity index (χ3n) is 4.08. The Kier molecular flexibility index (Phi) is 3.80. The molecule has 2 unspecified atom stereocenters. The van der Waals surface area contributed by atoms with Crippen molar-refractivity contribution < 1.29 is 9.53 Å². The summed E-state index contributed by atoms with van der Waals surface area (Å²) >= 11 is 0. The lowest BCUT2D eigenvalue weighted by molar-refractivity contribution is 0.0584. The summed E-state index contributed by atoms with van der Waals surface area (Å²) in [6.07, 6.45) is 0.829. The Labute approximate surface area is 114 Å². The molecule has 19 heavy (non-hydrogen) atoms. The largest absolute Gasteiger partial charge is 0.493 e. The molecule has 1 amide bonds. The first-order chi connectivity index (χ1) is 8.96. The van der Waals surface area contributed by atoms with Crippen LogP contribution in [0.25, 0.3) is 0 Å². The van der Waals surface area contributed by atoms with E-state index in [-0.39, 0.29) is 23.4 Å². The maximum Gasteiger partial charge on any atom is 0.255 e. The van der Waals surface area contributed by atoms with Gasteiger partial charge in [0, 0.05) is 17.5 Å². The van der Waals surface area contributed by atoms with E-state index in [1.807, 2.05) is 25.1 Å². The minimum atomic E-state index is -0.0889. The summed E-state index contributed by atoms with van der Waals surface area (Å²) in [6, 6.07) is 7.59. The molecule has 1 aromatic rings. The van der Waals surface area contributed by atoms with E-state index in [4.69, 9.17) is 10.5 Å². The van der Waals surface area contributed by atoms with Crippen LogP contribution in [-0.4, -0.2) is 24.6 Å². The number of carbonyl (C=O) groups excluding carboxylic acids is 1. The van der Waals surface area contributed by atoms with E-state index in [1.54, 1.807) is 6.07 Å². The van der Waals surface area contributed by atoms with Crippen LogP contribution in [-0.2, 0) is 0 Å². The zero-order valence-corrected chi connectivity index (χ0v) is 11.8. The van der Waals surface area contributed by atoms with Gasteiger partial charge >= 0.3 is 0 Å². The predicted octanol–water partition coefficient (Wildman–Crippen LogP) is 1.94. The monoisotopic (exact) mass is 262 g/mol. The molecule has 2 rings (SSSR count). The molecule has 104 valence electrons. The summed E-state index contributed by atoms with van der Waals surface area (Å²) in [5, 5.41) is 3.05.